The monoisotopic (exact) mass is 1120 g/mol. The fourth-order valence-corrected chi connectivity index (χ4v) is 16.8. The van der Waals surface area contributed by atoms with Crippen molar-refractivity contribution < 1.29 is 114 Å². The summed E-state index contributed by atoms with van der Waals surface area (Å²) in [5, 5.41) is 139. The smallest absolute Gasteiger partial charge is 0.335 e. The Hall–Kier alpha value is -2.08. The first-order valence-corrected chi connectivity index (χ1v) is 28.0. The van der Waals surface area contributed by atoms with Crippen molar-refractivity contribution >= 4 is 11.9 Å². The number of carbonyl (C=O) groups excluding carboxylic acids is 1. The molecule has 4 saturated carbocycles. The first-order valence-electron chi connectivity index (χ1n) is 28.0. The van der Waals surface area contributed by atoms with E-state index < -0.39 is 170 Å². The molecular weight excluding hydrogens is 1030 g/mol. The van der Waals surface area contributed by atoms with Gasteiger partial charge in [-0.3, -0.25) is 4.79 Å². The Kier molecular flexibility index (Phi) is 16.5. The zero-order chi connectivity index (χ0) is 57.4. The van der Waals surface area contributed by atoms with E-state index in [9.17, 15) is 76.0 Å². The highest BCUT2D eigenvalue weighted by atomic mass is 16.8. The lowest BCUT2D eigenvalue weighted by Gasteiger charge is -2.75. The Balaban J connectivity index is 1.02. The molecule has 0 aromatic rings. The summed E-state index contributed by atoms with van der Waals surface area (Å²) in [5.74, 6) is -2.43. The number of carboxylic acids is 1. The number of carboxylic acid groups (broad SMARTS) is 1. The molecule has 0 amide bonds. The number of hydrogen-bond acceptors (Lipinski definition) is 22. The highest BCUT2D eigenvalue weighted by Crippen LogP contribution is 2.80. The van der Waals surface area contributed by atoms with Crippen molar-refractivity contribution in [3.63, 3.8) is 0 Å². The van der Waals surface area contributed by atoms with Crippen LogP contribution >= 0.6 is 0 Å². The van der Waals surface area contributed by atoms with E-state index in [0.29, 0.717) is 44.9 Å². The number of allylic oxidation sites excluding steroid dienone is 2. The standard InChI is InChI=1S/C55H88O23/c1-23-30(58)33(61)36(64)44(71-23)75-40-39(67)41(43(68)69)76-47(42(40)77-45-37(65)34(62)31(59)26(21-56)72-45)74-29-12-13-52(7)28(50(29,4)5)11-15-53(8)51(6)17-19-55(48(70)78-46-38(66)35(63)32(60)27(22-57)73-46)18-16-49(2,3)20-25(55)24(51)10-14-54(52,53)9/h10,23,25-42,44-47,56-67H,11-22H2,1-9H3,(H,68,69)/t23-,25-,26+,27+,28-,29-,30-,31+,32+,33+,34-,35-,36+,37+,38+,39-,40-,41-,42+,44-,45-,46-,47+,51+,52-,53-,54-,55-/m0/s1. The van der Waals surface area contributed by atoms with Gasteiger partial charge >= 0.3 is 11.9 Å². The van der Waals surface area contributed by atoms with Gasteiger partial charge in [-0.15, -0.1) is 0 Å². The molecule has 4 heterocycles. The fourth-order valence-electron chi connectivity index (χ4n) is 16.8. The Morgan fingerprint density at radius 1 is 0.577 bits per heavy atom. The molecule has 446 valence electrons. The lowest BCUT2D eigenvalue weighted by Crippen LogP contribution is -2.70. The minimum Gasteiger partial charge on any atom is -0.479 e. The predicted octanol–water partition coefficient (Wildman–Crippen LogP) is -0.525. The zero-order valence-electron chi connectivity index (χ0n) is 46.2. The number of aliphatic hydroxyl groups excluding tert-OH is 12. The Morgan fingerprint density at radius 3 is 1.73 bits per heavy atom. The summed E-state index contributed by atoms with van der Waals surface area (Å²) in [5.41, 5.74) is -2.03. The van der Waals surface area contributed by atoms with Gasteiger partial charge in [0.1, 0.15) is 85.5 Å². The van der Waals surface area contributed by atoms with Gasteiger partial charge < -0.3 is 104 Å². The molecule has 0 aromatic carbocycles. The molecule has 8 fully saturated rings. The van der Waals surface area contributed by atoms with E-state index in [0.717, 1.165) is 19.3 Å². The molecular formula is C55H88O23. The molecule has 13 N–H and O–H groups in total. The minimum absolute atomic E-state index is 0.0355. The number of rotatable bonds is 11. The molecule has 9 aliphatic rings. The molecule has 0 bridgehead atoms. The molecule has 28 atom stereocenters. The van der Waals surface area contributed by atoms with Crippen LogP contribution in [0.5, 0.6) is 0 Å². The Labute approximate surface area is 454 Å². The van der Waals surface area contributed by atoms with Crippen LogP contribution in [0, 0.1) is 49.7 Å². The summed E-state index contributed by atoms with van der Waals surface area (Å²) < 4.78 is 48.6. The molecule has 5 aliphatic carbocycles. The second-order valence-electron chi connectivity index (χ2n) is 26.9. The van der Waals surface area contributed by atoms with Crippen LogP contribution in [0.3, 0.4) is 0 Å². The van der Waals surface area contributed by atoms with Gasteiger partial charge in [-0.1, -0.05) is 67.0 Å². The van der Waals surface area contributed by atoms with Crippen LogP contribution in [-0.2, 0) is 47.5 Å². The number of aliphatic carboxylic acids is 1. The van der Waals surface area contributed by atoms with E-state index in [1.807, 2.05) is 0 Å². The van der Waals surface area contributed by atoms with Crippen LogP contribution in [0.15, 0.2) is 11.6 Å². The molecule has 0 unspecified atom stereocenters. The number of aliphatic hydroxyl groups is 12. The van der Waals surface area contributed by atoms with Gasteiger partial charge in [-0.05, 0) is 115 Å². The van der Waals surface area contributed by atoms with E-state index in [2.05, 4.69) is 61.5 Å². The van der Waals surface area contributed by atoms with Gasteiger partial charge in [-0.2, -0.15) is 0 Å². The first-order chi connectivity index (χ1) is 36.3. The SMILES string of the molecule is C[C@@H]1O[C@@H](O[C@H]2[C@H](O)[C@@H](C(=O)O)O[C@@H](O[C@H]3CC[C@@]4(C)[C@@H](CC[C@]5(C)[C@@]4(C)CC=C4[C@@H]6CC(C)(C)CC[C@]6(C(=O)O[C@@H]6O[C@H](CO)[C@@H](O)[C@H](O)[C@H]6O)CC[C@]45C)C3(C)C)[C@@H]2O[C@@H]2O[C@H](CO)[C@@H](O)[C@H](O)[C@H]2O)[C@H](O)[C@H](O)[C@H]1O. The van der Waals surface area contributed by atoms with Gasteiger partial charge in [-0.25, -0.2) is 4.79 Å². The molecule has 4 saturated heterocycles. The average Bonchev–Trinajstić information content (AvgIpc) is 1.92. The average molecular weight is 1120 g/mol. The van der Waals surface area contributed by atoms with Crippen LogP contribution in [0.25, 0.3) is 0 Å². The second-order valence-corrected chi connectivity index (χ2v) is 26.9. The Bertz CT molecular complexity index is 2230. The summed E-state index contributed by atoms with van der Waals surface area (Å²) >= 11 is 0. The highest BCUT2D eigenvalue weighted by molar-refractivity contribution is 5.79. The van der Waals surface area contributed by atoms with Crippen LogP contribution < -0.4 is 0 Å². The molecule has 0 spiro atoms. The van der Waals surface area contributed by atoms with Crippen molar-refractivity contribution in [1.29, 1.82) is 0 Å². The lowest BCUT2D eigenvalue weighted by atomic mass is 9.29. The van der Waals surface area contributed by atoms with Gasteiger partial charge in [0.25, 0.3) is 0 Å². The van der Waals surface area contributed by atoms with Crippen molar-refractivity contribution in [1.82, 2.24) is 0 Å². The van der Waals surface area contributed by atoms with Gasteiger partial charge in [0.05, 0.1) is 30.8 Å². The van der Waals surface area contributed by atoms with Crippen LogP contribution in [0.2, 0.25) is 0 Å². The fraction of sp³-hybridized carbons (Fsp3) is 0.927. The van der Waals surface area contributed by atoms with Crippen molar-refractivity contribution in [3.8, 4) is 0 Å². The molecule has 23 heteroatoms. The maximum atomic E-state index is 14.9. The molecule has 9 rings (SSSR count). The third-order valence-electron chi connectivity index (χ3n) is 22.3. The first kappa shape index (κ1) is 60.5. The van der Waals surface area contributed by atoms with Crippen molar-refractivity contribution in [2.45, 2.75) is 255 Å². The maximum Gasteiger partial charge on any atom is 0.335 e. The van der Waals surface area contributed by atoms with E-state index in [4.69, 9.17) is 37.9 Å². The third kappa shape index (κ3) is 9.27. The lowest BCUT2D eigenvalue weighted by molar-refractivity contribution is -0.395. The Morgan fingerprint density at radius 2 is 1.13 bits per heavy atom. The third-order valence-corrected chi connectivity index (χ3v) is 22.3. The highest BCUT2D eigenvalue weighted by Gasteiger charge is 2.74. The normalized spacial score (nSPS) is 53.8. The summed E-state index contributed by atoms with van der Waals surface area (Å²) in [6.45, 7) is 18.0. The van der Waals surface area contributed by atoms with Gasteiger partial charge in [0.2, 0.25) is 6.29 Å². The van der Waals surface area contributed by atoms with Crippen molar-refractivity contribution in [2.75, 3.05) is 13.2 Å². The van der Waals surface area contributed by atoms with E-state index in [-0.39, 0.29) is 33.5 Å². The zero-order valence-corrected chi connectivity index (χ0v) is 46.2. The van der Waals surface area contributed by atoms with Gasteiger partial charge in [0, 0.05) is 0 Å². The van der Waals surface area contributed by atoms with Crippen molar-refractivity contribution in [2.24, 2.45) is 49.7 Å². The van der Waals surface area contributed by atoms with E-state index >= 15 is 0 Å². The molecule has 78 heavy (non-hydrogen) atoms. The summed E-state index contributed by atoms with van der Waals surface area (Å²) in [6.07, 6.45) is -26.5. The van der Waals surface area contributed by atoms with Gasteiger partial charge in [0.15, 0.2) is 25.0 Å². The predicted molar refractivity (Wildman–Crippen MR) is 267 cm³/mol. The topological polar surface area (TPSA) is 371 Å². The van der Waals surface area contributed by atoms with Crippen LogP contribution in [-0.4, -0.2) is 220 Å². The number of ether oxygens (including phenoxy) is 8. The minimum atomic E-state index is -2.10. The number of fused-ring (bicyclic) bond motifs is 7. The number of esters is 1. The largest absolute Gasteiger partial charge is 0.479 e. The van der Waals surface area contributed by atoms with E-state index in [1.54, 1.807) is 0 Å². The van der Waals surface area contributed by atoms with Crippen molar-refractivity contribution in [3.05, 3.63) is 11.6 Å². The molecule has 23 nitrogen and oxygen atoms in total. The number of carbonyl (C=O) groups is 2. The molecule has 4 aliphatic heterocycles. The maximum absolute atomic E-state index is 14.9. The summed E-state index contributed by atoms with van der Waals surface area (Å²) in [7, 11) is 0. The number of hydrogen-bond donors (Lipinski definition) is 13. The molecule has 0 aromatic heterocycles. The van der Waals surface area contributed by atoms with Crippen LogP contribution in [0.4, 0.5) is 0 Å². The van der Waals surface area contributed by atoms with E-state index in [1.165, 1.54) is 12.5 Å². The second kappa shape index (κ2) is 21.2. The summed E-state index contributed by atoms with van der Waals surface area (Å²) in [6, 6.07) is 0. The summed E-state index contributed by atoms with van der Waals surface area (Å²) in [4.78, 5) is 27.8. The van der Waals surface area contributed by atoms with Crippen LogP contribution in [0.1, 0.15) is 127 Å². The molecule has 0 radical (unpaired) electrons. The quantitative estimate of drug-likeness (QED) is 0.0703.